The first-order chi connectivity index (χ1) is 12.2. The Hall–Kier alpha value is -3.42. The Kier molecular flexibility index (Phi) is 6.47. The Morgan fingerprint density at radius 3 is 2.28 bits per heavy atom. The third kappa shape index (κ3) is 5.31. The maximum absolute atomic E-state index is 12.1. The maximum Gasteiger partial charge on any atom is 0.267 e. The number of amides is 1. The Morgan fingerprint density at radius 2 is 1.72 bits per heavy atom. The molecule has 0 aliphatic carbocycles. The van der Waals surface area contributed by atoms with Gasteiger partial charge < -0.3 is 15.4 Å². The second kappa shape index (κ2) is 9.02. The molecule has 0 fully saturated rings. The minimum atomic E-state index is -0.517. The Morgan fingerprint density at radius 1 is 1.08 bits per heavy atom. The summed E-state index contributed by atoms with van der Waals surface area (Å²) in [4.78, 5) is 13.0. The third-order valence-corrected chi connectivity index (χ3v) is 3.71. The molecule has 0 atom stereocenters. The molecule has 0 aliphatic heterocycles. The van der Waals surface area contributed by atoms with E-state index in [9.17, 15) is 10.1 Å². The van der Waals surface area contributed by atoms with Crippen molar-refractivity contribution in [2.24, 2.45) is 0 Å². The highest BCUT2D eigenvalue weighted by atomic mass is 32.2. The fourth-order valence-electron chi connectivity index (χ4n) is 1.85. The van der Waals surface area contributed by atoms with Crippen molar-refractivity contribution < 1.29 is 9.53 Å². The number of thioether (sulfide) groups is 1. The minimum absolute atomic E-state index is 0.0636. The highest BCUT2D eigenvalue weighted by molar-refractivity contribution is 8.03. The summed E-state index contributed by atoms with van der Waals surface area (Å²) in [6.07, 6.45) is 1.34. The summed E-state index contributed by atoms with van der Waals surface area (Å²) in [6.45, 7) is 0. The minimum Gasteiger partial charge on any atom is -0.497 e. The van der Waals surface area contributed by atoms with Crippen LogP contribution in [0.25, 0.3) is 0 Å². The fraction of sp³-hybridized carbons (Fsp3) is 0.0556. The van der Waals surface area contributed by atoms with Gasteiger partial charge in [0.05, 0.1) is 7.11 Å². The number of rotatable bonds is 6. The van der Waals surface area contributed by atoms with Gasteiger partial charge in [0, 0.05) is 22.5 Å². The van der Waals surface area contributed by atoms with Crippen LogP contribution in [-0.4, -0.2) is 13.0 Å². The molecule has 2 N–H and O–H groups in total. The van der Waals surface area contributed by atoms with Crippen molar-refractivity contribution in [3.05, 3.63) is 60.3 Å². The van der Waals surface area contributed by atoms with Crippen molar-refractivity contribution in [2.75, 3.05) is 17.7 Å². The molecule has 0 spiro atoms. The standard InChI is InChI=1S/C18H14N4O2S/c1-24-16-6-2-15(3-7-16)22-18(23)13(10-19)11-21-14-4-8-17(9-5-14)25-12-20/h2-9,11,21H,1H3,(H,22,23)/b13-11-. The van der Waals surface area contributed by atoms with Crippen LogP contribution in [0.4, 0.5) is 11.4 Å². The Balaban J connectivity index is 2.02. The zero-order valence-electron chi connectivity index (χ0n) is 13.3. The molecule has 2 rings (SSSR count). The van der Waals surface area contributed by atoms with E-state index >= 15 is 0 Å². The molecule has 0 saturated carbocycles. The van der Waals surface area contributed by atoms with Crippen LogP contribution in [0.15, 0.2) is 65.2 Å². The molecule has 124 valence electrons. The molecule has 0 saturated heterocycles. The van der Waals surface area contributed by atoms with E-state index in [0.717, 1.165) is 16.7 Å². The van der Waals surface area contributed by atoms with Crippen LogP contribution >= 0.6 is 11.8 Å². The van der Waals surface area contributed by atoms with Crippen LogP contribution in [0.1, 0.15) is 0 Å². The van der Waals surface area contributed by atoms with Crippen LogP contribution in [0.2, 0.25) is 0 Å². The lowest BCUT2D eigenvalue weighted by Crippen LogP contribution is -2.14. The van der Waals surface area contributed by atoms with E-state index in [1.807, 2.05) is 11.5 Å². The molecule has 0 aliphatic rings. The fourth-order valence-corrected chi connectivity index (χ4v) is 2.23. The van der Waals surface area contributed by atoms with Gasteiger partial charge in [0.1, 0.15) is 22.8 Å². The van der Waals surface area contributed by atoms with Crippen molar-refractivity contribution in [1.82, 2.24) is 0 Å². The lowest BCUT2D eigenvalue weighted by Gasteiger charge is -2.06. The van der Waals surface area contributed by atoms with E-state index < -0.39 is 5.91 Å². The first-order valence-electron chi connectivity index (χ1n) is 7.14. The maximum atomic E-state index is 12.1. The van der Waals surface area contributed by atoms with Crippen LogP contribution in [0.5, 0.6) is 5.75 Å². The first kappa shape index (κ1) is 17.9. The van der Waals surface area contributed by atoms with Crippen LogP contribution in [0.3, 0.4) is 0 Å². The zero-order valence-corrected chi connectivity index (χ0v) is 14.1. The quantitative estimate of drug-likeness (QED) is 0.356. The molecule has 0 heterocycles. The van der Waals surface area contributed by atoms with Crippen molar-refractivity contribution in [1.29, 1.82) is 10.5 Å². The average molecular weight is 350 g/mol. The molecular weight excluding hydrogens is 336 g/mol. The van der Waals surface area contributed by atoms with E-state index in [4.69, 9.17) is 10.00 Å². The van der Waals surface area contributed by atoms with Crippen molar-refractivity contribution in [3.8, 4) is 17.2 Å². The number of hydrogen-bond acceptors (Lipinski definition) is 6. The van der Waals surface area contributed by atoms with Gasteiger partial charge in [0.2, 0.25) is 0 Å². The van der Waals surface area contributed by atoms with Crippen LogP contribution < -0.4 is 15.4 Å². The number of carbonyl (C=O) groups excluding carboxylic acids is 1. The molecule has 2 aromatic rings. The number of nitrogens with zero attached hydrogens (tertiary/aromatic N) is 2. The van der Waals surface area contributed by atoms with Gasteiger partial charge in [-0.1, -0.05) is 0 Å². The SMILES string of the molecule is COc1ccc(NC(=O)/C(C#N)=C\Nc2ccc(SC#N)cc2)cc1. The van der Waals surface area contributed by atoms with E-state index in [0.29, 0.717) is 17.1 Å². The monoisotopic (exact) mass is 350 g/mol. The average Bonchev–Trinajstić information content (AvgIpc) is 2.64. The van der Waals surface area contributed by atoms with E-state index in [-0.39, 0.29) is 5.57 Å². The Bertz CT molecular complexity index is 847. The number of nitrogens with one attached hydrogen (secondary N) is 2. The summed E-state index contributed by atoms with van der Waals surface area (Å²) >= 11 is 1.06. The molecule has 6 nitrogen and oxygen atoms in total. The van der Waals surface area contributed by atoms with Crippen molar-refractivity contribution in [3.63, 3.8) is 0 Å². The second-order valence-electron chi connectivity index (χ2n) is 4.71. The van der Waals surface area contributed by atoms with Gasteiger partial charge in [-0.2, -0.15) is 10.5 Å². The van der Waals surface area contributed by atoms with Gasteiger partial charge in [-0.3, -0.25) is 4.79 Å². The predicted molar refractivity (Wildman–Crippen MR) is 96.9 cm³/mol. The number of benzene rings is 2. The number of nitriles is 2. The molecule has 0 unspecified atom stereocenters. The number of thiocyanates is 1. The molecule has 1 amide bonds. The summed E-state index contributed by atoms with van der Waals surface area (Å²) < 4.78 is 5.05. The van der Waals surface area contributed by atoms with Crippen LogP contribution in [0, 0.1) is 22.0 Å². The molecule has 0 radical (unpaired) electrons. The van der Waals surface area contributed by atoms with Gasteiger partial charge >= 0.3 is 0 Å². The number of anilines is 2. The molecule has 2 aromatic carbocycles. The van der Waals surface area contributed by atoms with E-state index in [1.165, 1.54) is 6.20 Å². The molecule has 7 heteroatoms. The highest BCUT2D eigenvalue weighted by Crippen LogP contribution is 2.19. The van der Waals surface area contributed by atoms with Gasteiger partial charge in [0.15, 0.2) is 0 Å². The summed E-state index contributed by atoms with van der Waals surface area (Å²) in [5.74, 6) is 0.158. The molecular formula is C18H14N4O2S. The number of carbonyl (C=O) groups is 1. The largest absolute Gasteiger partial charge is 0.497 e. The van der Waals surface area contributed by atoms with Gasteiger partial charge in [0.25, 0.3) is 5.91 Å². The number of methoxy groups -OCH3 is 1. The van der Waals surface area contributed by atoms with Gasteiger partial charge in [-0.15, -0.1) is 0 Å². The summed E-state index contributed by atoms with van der Waals surface area (Å²) in [5.41, 5.74) is 1.20. The number of hydrogen-bond donors (Lipinski definition) is 2. The summed E-state index contributed by atoms with van der Waals surface area (Å²) in [5, 5.41) is 25.3. The lowest BCUT2D eigenvalue weighted by molar-refractivity contribution is -0.112. The smallest absolute Gasteiger partial charge is 0.267 e. The molecule has 0 aromatic heterocycles. The lowest BCUT2D eigenvalue weighted by atomic mass is 10.2. The third-order valence-electron chi connectivity index (χ3n) is 3.11. The topological polar surface area (TPSA) is 97.9 Å². The van der Waals surface area contributed by atoms with E-state index in [2.05, 4.69) is 10.6 Å². The Labute approximate surface area is 149 Å². The summed E-state index contributed by atoms with van der Waals surface area (Å²) in [7, 11) is 1.56. The summed E-state index contributed by atoms with van der Waals surface area (Å²) in [6, 6.07) is 15.7. The van der Waals surface area contributed by atoms with Crippen LogP contribution in [-0.2, 0) is 4.79 Å². The predicted octanol–water partition coefficient (Wildman–Crippen LogP) is 3.73. The molecule has 25 heavy (non-hydrogen) atoms. The zero-order chi connectivity index (χ0) is 18.1. The van der Waals surface area contributed by atoms with Crippen molar-refractivity contribution >= 4 is 29.0 Å². The van der Waals surface area contributed by atoms with Crippen molar-refractivity contribution in [2.45, 2.75) is 4.90 Å². The highest BCUT2D eigenvalue weighted by Gasteiger charge is 2.09. The van der Waals surface area contributed by atoms with Gasteiger partial charge in [-0.05, 0) is 60.3 Å². The number of ether oxygens (including phenoxy) is 1. The first-order valence-corrected chi connectivity index (χ1v) is 7.96. The van der Waals surface area contributed by atoms with E-state index in [1.54, 1.807) is 55.6 Å². The normalized spacial score (nSPS) is 10.3. The van der Waals surface area contributed by atoms with Gasteiger partial charge in [-0.25, -0.2) is 0 Å². The second-order valence-corrected chi connectivity index (χ2v) is 5.57. The molecule has 0 bridgehead atoms.